The Morgan fingerprint density at radius 2 is 2.21 bits per heavy atom. The molecule has 102 valence electrons. The van der Waals surface area contributed by atoms with E-state index in [2.05, 4.69) is 20.6 Å². The first-order valence-corrected chi connectivity index (χ1v) is 6.04. The Hall–Kier alpha value is -2.11. The van der Waals surface area contributed by atoms with Crippen LogP contribution in [0.25, 0.3) is 11.0 Å². The summed E-state index contributed by atoms with van der Waals surface area (Å²) < 4.78 is 13.1. The zero-order valence-corrected chi connectivity index (χ0v) is 11.2. The van der Waals surface area contributed by atoms with Crippen LogP contribution in [-0.4, -0.2) is 29.5 Å². The molecule has 5 nitrogen and oxygen atoms in total. The van der Waals surface area contributed by atoms with Crippen molar-refractivity contribution < 1.29 is 9.18 Å². The molecular formula is C13H17FN4O. The van der Waals surface area contributed by atoms with Crippen LogP contribution in [-0.2, 0) is 4.79 Å². The summed E-state index contributed by atoms with van der Waals surface area (Å²) in [7, 11) is 1.61. The van der Waals surface area contributed by atoms with Gasteiger partial charge < -0.3 is 15.6 Å². The highest BCUT2D eigenvalue weighted by Gasteiger charge is 2.26. The Balaban J connectivity index is 2.12. The summed E-state index contributed by atoms with van der Waals surface area (Å²) in [6.07, 6.45) is 0. The van der Waals surface area contributed by atoms with E-state index in [0.717, 1.165) is 0 Å². The average Bonchev–Trinajstić information content (AvgIpc) is 2.77. The van der Waals surface area contributed by atoms with Crippen molar-refractivity contribution in [2.75, 3.05) is 18.9 Å². The fourth-order valence-corrected chi connectivity index (χ4v) is 1.79. The molecule has 1 aromatic heterocycles. The van der Waals surface area contributed by atoms with Crippen LogP contribution >= 0.6 is 0 Å². The van der Waals surface area contributed by atoms with Crippen molar-refractivity contribution in [1.82, 2.24) is 15.3 Å². The number of imidazole rings is 1. The van der Waals surface area contributed by atoms with Gasteiger partial charge in [-0.2, -0.15) is 0 Å². The maximum absolute atomic E-state index is 13.1. The molecule has 2 aromatic rings. The summed E-state index contributed by atoms with van der Waals surface area (Å²) in [5, 5.41) is 5.68. The molecule has 1 heterocycles. The lowest BCUT2D eigenvalue weighted by Crippen LogP contribution is -2.39. The minimum atomic E-state index is -0.557. The number of aromatic nitrogens is 2. The van der Waals surface area contributed by atoms with E-state index in [-0.39, 0.29) is 11.7 Å². The summed E-state index contributed by atoms with van der Waals surface area (Å²) in [6.45, 7) is 4.09. The average molecular weight is 264 g/mol. The molecule has 0 atom stereocenters. The molecule has 0 saturated heterocycles. The SMILES string of the molecule is CNC(=O)C(C)(C)CNc1nc2ccc(F)cc2[nH]1. The van der Waals surface area contributed by atoms with Crippen LogP contribution in [0.1, 0.15) is 13.8 Å². The molecule has 0 aliphatic rings. The lowest BCUT2D eigenvalue weighted by molar-refractivity contribution is -0.128. The van der Waals surface area contributed by atoms with Crippen molar-refractivity contribution in [3.8, 4) is 0 Å². The zero-order chi connectivity index (χ0) is 14.0. The van der Waals surface area contributed by atoms with Gasteiger partial charge in [0.25, 0.3) is 0 Å². The maximum atomic E-state index is 13.1. The molecule has 0 bridgehead atoms. The van der Waals surface area contributed by atoms with E-state index in [1.54, 1.807) is 13.1 Å². The molecule has 0 saturated carbocycles. The van der Waals surface area contributed by atoms with Gasteiger partial charge in [-0.15, -0.1) is 0 Å². The number of aromatic amines is 1. The van der Waals surface area contributed by atoms with E-state index in [1.165, 1.54) is 12.1 Å². The number of benzene rings is 1. The predicted octanol–water partition coefficient (Wildman–Crippen LogP) is 1.89. The molecule has 0 spiro atoms. The first-order chi connectivity index (χ1) is 8.92. The Kier molecular flexibility index (Phi) is 3.42. The summed E-state index contributed by atoms with van der Waals surface area (Å²) in [6, 6.07) is 4.36. The summed E-state index contributed by atoms with van der Waals surface area (Å²) in [5.74, 6) is 0.160. The number of H-pyrrole nitrogens is 1. The van der Waals surface area contributed by atoms with Crippen LogP contribution in [0.3, 0.4) is 0 Å². The topological polar surface area (TPSA) is 69.8 Å². The molecule has 0 unspecified atom stereocenters. The zero-order valence-electron chi connectivity index (χ0n) is 11.2. The third kappa shape index (κ3) is 2.83. The number of hydrogen-bond acceptors (Lipinski definition) is 3. The third-order valence-corrected chi connectivity index (χ3v) is 2.98. The quantitative estimate of drug-likeness (QED) is 0.789. The highest BCUT2D eigenvalue weighted by atomic mass is 19.1. The second kappa shape index (κ2) is 4.87. The van der Waals surface area contributed by atoms with Gasteiger partial charge in [0.15, 0.2) is 0 Å². The van der Waals surface area contributed by atoms with Gasteiger partial charge in [0.1, 0.15) is 5.82 Å². The van der Waals surface area contributed by atoms with E-state index in [4.69, 9.17) is 0 Å². The number of carbonyl (C=O) groups is 1. The van der Waals surface area contributed by atoms with Gasteiger partial charge in [-0.3, -0.25) is 4.79 Å². The summed E-state index contributed by atoms with van der Waals surface area (Å²) >= 11 is 0. The molecular weight excluding hydrogens is 247 g/mol. The number of fused-ring (bicyclic) bond motifs is 1. The number of anilines is 1. The normalized spacial score (nSPS) is 11.6. The number of hydrogen-bond donors (Lipinski definition) is 3. The van der Waals surface area contributed by atoms with Crippen molar-refractivity contribution in [1.29, 1.82) is 0 Å². The van der Waals surface area contributed by atoms with Crippen molar-refractivity contribution in [3.05, 3.63) is 24.0 Å². The molecule has 0 fully saturated rings. The van der Waals surface area contributed by atoms with E-state index >= 15 is 0 Å². The predicted molar refractivity (Wildman–Crippen MR) is 72.4 cm³/mol. The first kappa shape index (κ1) is 13.3. The van der Waals surface area contributed by atoms with E-state index in [0.29, 0.717) is 23.5 Å². The largest absolute Gasteiger partial charge is 0.359 e. The highest BCUT2D eigenvalue weighted by Crippen LogP contribution is 2.18. The van der Waals surface area contributed by atoms with Gasteiger partial charge in [-0.05, 0) is 32.0 Å². The van der Waals surface area contributed by atoms with Gasteiger partial charge >= 0.3 is 0 Å². The second-order valence-corrected chi connectivity index (χ2v) is 5.06. The van der Waals surface area contributed by atoms with Crippen molar-refractivity contribution in [3.63, 3.8) is 0 Å². The third-order valence-electron chi connectivity index (χ3n) is 2.98. The molecule has 3 N–H and O–H groups in total. The highest BCUT2D eigenvalue weighted by molar-refractivity contribution is 5.82. The maximum Gasteiger partial charge on any atom is 0.227 e. The molecule has 6 heteroatoms. The van der Waals surface area contributed by atoms with Crippen LogP contribution in [0.5, 0.6) is 0 Å². The number of halogens is 1. The van der Waals surface area contributed by atoms with Gasteiger partial charge in [0.2, 0.25) is 11.9 Å². The first-order valence-electron chi connectivity index (χ1n) is 6.04. The lowest BCUT2D eigenvalue weighted by Gasteiger charge is -2.22. The Bertz CT molecular complexity index is 606. The molecule has 0 radical (unpaired) electrons. The molecule has 1 amide bonds. The number of rotatable bonds is 4. The van der Waals surface area contributed by atoms with Gasteiger partial charge in [0.05, 0.1) is 16.4 Å². The number of amides is 1. The van der Waals surface area contributed by atoms with Crippen molar-refractivity contribution >= 4 is 22.9 Å². The monoisotopic (exact) mass is 264 g/mol. The van der Waals surface area contributed by atoms with Crippen molar-refractivity contribution in [2.45, 2.75) is 13.8 Å². The number of carbonyl (C=O) groups excluding carboxylic acids is 1. The molecule has 19 heavy (non-hydrogen) atoms. The minimum absolute atomic E-state index is 0.0536. The molecule has 1 aromatic carbocycles. The standard InChI is InChI=1S/C13H17FN4O/c1-13(2,11(19)15-3)7-16-12-17-9-5-4-8(14)6-10(9)18-12/h4-6H,7H2,1-3H3,(H,15,19)(H2,16,17,18). The lowest BCUT2D eigenvalue weighted by atomic mass is 9.92. The van der Waals surface area contributed by atoms with Crippen LogP contribution in [0.4, 0.5) is 10.3 Å². The Labute approximate surface area is 110 Å². The number of nitrogens with one attached hydrogen (secondary N) is 3. The molecule has 0 aliphatic carbocycles. The Morgan fingerprint density at radius 3 is 2.89 bits per heavy atom. The summed E-state index contributed by atoms with van der Waals surface area (Å²) in [5.41, 5.74) is 0.751. The van der Waals surface area contributed by atoms with E-state index < -0.39 is 5.41 Å². The fourth-order valence-electron chi connectivity index (χ4n) is 1.79. The van der Waals surface area contributed by atoms with E-state index in [1.807, 2.05) is 13.8 Å². The van der Waals surface area contributed by atoms with E-state index in [9.17, 15) is 9.18 Å². The molecule has 0 aliphatic heterocycles. The van der Waals surface area contributed by atoms with Crippen LogP contribution in [0.15, 0.2) is 18.2 Å². The van der Waals surface area contributed by atoms with Crippen LogP contribution in [0, 0.1) is 11.2 Å². The number of nitrogens with zero attached hydrogens (tertiary/aromatic N) is 1. The van der Waals surface area contributed by atoms with Gasteiger partial charge in [-0.1, -0.05) is 0 Å². The molecule has 2 rings (SSSR count). The van der Waals surface area contributed by atoms with Gasteiger partial charge in [-0.25, -0.2) is 9.37 Å². The fraction of sp³-hybridized carbons (Fsp3) is 0.385. The van der Waals surface area contributed by atoms with Crippen molar-refractivity contribution in [2.24, 2.45) is 5.41 Å². The van der Waals surface area contributed by atoms with Crippen LogP contribution in [0.2, 0.25) is 0 Å². The smallest absolute Gasteiger partial charge is 0.227 e. The Morgan fingerprint density at radius 1 is 1.47 bits per heavy atom. The minimum Gasteiger partial charge on any atom is -0.359 e. The van der Waals surface area contributed by atoms with Crippen LogP contribution < -0.4 is 10.6 Å². The second-order valence-electron chi connectivity index (χ2n) is 5.06. The summed E-state index contributed by atoms with van der Waals surface area (Å²) in [4.78, 5) is 18.9. The van der Waals surface area contributed by atoms with Gasteiger partial charge in [0, 0.05) is 13.6 Å².